The van der Waals surface area contributed by atoms with E-state index in [1.807, 2.05) is 11.8 Å². The Bertz CT molecular complexity index is 195. The molecule has 1 heterocycles. The highest BCUT2D eigenvalue weighted by Crippen LogP contribution is 2.30. The van der Waals surface area contributed by atoms with Crippen molar-refractivity contribution in [3.63, 3.8) is 0 Å². The first kappa shape index (κ1) is 5.36. The lowest BCUT2D eigenvalue weighted by Gasteiger charge is -1.91. The van der Waals surface area contributed by atoms with Crippen LogP contribution < -0.4 is 0 Å². The van der Waals surface area contributed by atoms with Crippen LogP contribution in [0, 0.1) is 5.75 Å². The predicted octanol–water partition coefficient (Wildman–Crippen LogP) is 2.44. The van der Waals surface area contributed by atoms with E-state index in [0.717, 1.165) is 5.75 Å². The normalized spacial score (nSPS) is 15.6. The van der Waals surface area contributed by atoms with E-state index >= 15 is 0 Å². The van der Waals surface area contributed by atoms with E-state index in [1.165, 1.54) is 11.1 Å². The summed E-state index contributed by atoms with van der Waals surface area (Å²) in [5.41, 5.74) is 2.88. The summed E-state index contributed by atoms with van der Waals surface area (Å²) in [6.45, 7) is 0. The second-order valence-electron chi connectivity index (χ2n) is 2.13. The first-order valence-corrected chi connectivity index (χ1v) is 4.04. The summed E-state index contributed by atoms with van der Waals surface area (Å²) in [7, 11) is 0. The fourth-order valence-corrected chi connectivity index (χ4v) is 1.94. The zero-order valence-electron chi connectivity index (χ0n) is 5.00. The van der Waals surface area contributed by atoms with Crippen molar-refractivity contribution in [3.05, 3.63) is 41.1 Å². The molecule has 45 valence electrons. The summed E-state index contributed by atoms with van der Waals surface area (Å²) in [6, 6.07) is 8.53. The van der Waals surface area contributed by atoms with Gasteiger partial charge in [0, 0.05) is 11.5 Å². The lowest BCUT2D eigenvalue weighted by Crippen LogP contribution is -1.76. The average Bonchev–Trinajstić information content (AvgIpc) is 2.33. The molecule has 0 saturated heterocycles. The van der Waals surface area contributed by atoms with Crippen molar-refractivity contribution >= 4 is 11.8 Å². The summed E-state index contributed by atoms with van der Waals surface area (Å²) < 4.78 is 0. The molecule has 1 heteroatoms. The monoisotopic (exact) mass is 135 g/mol. The number of hydrogen-bond donors (Lipinski definition) is 0. The van der Waals surface area contributed by atoms with E-state index in [1.54, 1.807) is 0 Å². The molecule has 0 aromatic heterocycles. The molecule has 0 saturated carbocycles. The van der Waals surface area contributed by atoms with E-state index in [0.29, 0.717) is 0 Å². The van der Waals surface area contributed by atoms with E-state index in [4.69, 9.17) is 0 Å². The van der Waals surface area contributed by atoms with Gasteiger partial charge in [0.2, 0.25) is 0 Å². The van der Waals surface area contributed by atoms with Gasteiger partial charge < -0.3 is 0 Å². The van der Waals surface area contributed by atoms with Gasteiger partial charge >= 0.3 is 0 Å². The summed E-state index contributed by atoms with van der Waals surface area (Å²) in [5, 5.41) is 0. The first-order valence-electron chi connectivity index (χ1n) is 2.99. The van der Waals surface area contributed by atoms with Crippen molar-refractivity contribution < 1.29 is 0 Å². The fourth-order valence-electron chi connectivity index (χ4n) is 1.00. The van der Waals surface area contributed by atoms with Crippen LogP contribution in [0.15, 0.2) is 24.3 Å². The third-order valence-corrected chi connectivity index (χ3v) is 2.40. The highest BCUT2D eigenvalue weighted by molar-refractivity contribution is 8.01. The van der Waals surface area contributed by atoms with Gasteiger partial charge in [0.1, 0.15) is 0 Å². The fraction of sp³-hybridized carbons (Fsp3) is 0.125. The van der Waals surface area contributed by atoms with E-state index < -0.39 is 0 Å². The third kappa shape index (κ3) is 0.855. The maximum Gasteiger partial charge on any atom is 0.0463 e. The Balaban J connectivity index is 2.54. The molecule has 1 aromatic rings. The zero-order chi connectivity index (χ0) is 6.10. The molecule has 0 spiro atoms. The molecule has 0 bridgehead atoms. The van der Waals surface area contributed by atoms with Gasteiger partial charge in [-0.15, -0.1) is 11.8 Å². The molecular weight excluding hydrogens is 128 g/mol. The minimum Gasteiger partial charge on any atom is -0.147 e. The van der Waals surface area contributed by atoms with Crippen LogP contribution in [0.4, 0.5) is 0 Å². The summed E-state index contributed by atoms with van der Waals surface area (Å²) >= 11 is 1.88. The third-order valence-electron chi connectivity index (χ3n) is 1.50. The lowest BCUT2D eigenvalue weighted by molar-refractivity contribution is 1.41. The van der Waals surface area contributed by atoms with Crippen LogP contribution in [0.2, 0.25) is 0 Å². The van der Waals surface area contributed by atoms with Gasteiger partial charge in [-0.3, -0.25) is 0 Å². The topological polar surface area (TPSA) is 0 Å². The van der Waals surface area contributed by atoms with Gasteiger partial charge in [-0.25, -0.2) is 0 Å². The quantitative estimate of drug-likeness (QED) is 0.526. The molecule has 1 aromatic carbocycles. The standard InChI is InChI=1S/C8H7S/c1-2-4-8-6-9-5-7(8)3-1/h1-5H,6H2. The van der Waals surface area contributed by atoms with Gasteiger partial charge in [-0.1, -0.05) is 24.3 Å². The molecule has 0 fully saturated rings. The van der Waals surface area contributed by atoms with Crippen LogP contribution in [-0.2, 0) is 5.75 Å². The molecular formula is C8H7S. The molecule has 0 nitrogen and oxygen atoms in total. The number of hydrogen-bond acceptors (Lipinski definition) is 1. The Kier molecular flexibility index (Phi) is 1.23. The Labute approximate surface area is 59.3 Å². The number of thioether (sulfide) groups is 1. The smallest absolute Gasteiger partial charge is 0.0463 e. The lowest BCUT2D eigenvalue weighted by atomic mass is 10.1. The number of rotatable bonds is 0. The van der Waals surface area contributed by atoms with E-state index in [9.17, 15) is 0 Å². The minimum atomic E-state index is 1.16. The summed E-state index contributed by atoms with van der Waals surface area (Å²) in [4.78, 5) is 0. The Morgan fingerprint density at radius 1 is 1.22 bits per heavy atom. The SMILES string of the molecule is [CH]1SCc2ccccc21. The largest absolute Gasteiger partial charge is 0.147 e. The number of fused-ring (bicyclic) bond motifs is 1. The van der Waals surface area contributed by atoms with Gasteiger partial charge in [0.15, 0.2) is 0 Å². The molecule has 0 unspecified atom stereocenters. The van der Waals surface area contributed by atoms with E-state index in [2.05, 4.69) is 30.0 Å². The van der Waals surface area contributed by atoms with Crippen LogP contribution in [0.3, 0.4) is 0 Å². The van der Waals surface area contributed by atoms with Crippen LogP contribution in [0.1, 0.15) is 11.1 Å². The van der Waals surface area contributed by atoms with Gasteiger partial charge in [-0.2, -0.15) is 0 Å². The van der Waals surface area contributed by atoms with E-state index in [-0.39, 0.29) is 0 Å². The Morgan fingerprint density at radius 2 is 2.11 bits per heavy atom. The van der Waals surface area contributed by atoms with Gasteiger partial charge in [0.25, 0.3) is 0 Å². The van der Waals surface area contributed by atoms with Gasteiger partial charge in [-0.05, 0) is 11.1 Å². The molecule has 0 amide bonds. The van der Waals surface area contributed by atoms with Crippen molar-refractivity contribution in [2.24, 2.45) is 0 Å². The van der Waals surface area contributed by atoms with Crippen LogP contribution in [0.5, 0.6) is 0 Å². The Hall–Kier alpha value is -0.430. The second kappa shape index (κ2) is 2.07. The molecule has 2 rings (SSSR count). The maximum atomic E-state index is 2.22. The van der Waals surface area contributed by atoms with Gasteiger partial charge in [0.05, 0.1) is 0 Å². The predicted molar refractivity (Wildman–Crippen MR) is 41.1 cm³/mol. The molecule has 0 aliphatic carbocycles. The molecule has 9 heavy (non-hydrogen) atoms. The molecule has 1 radical (unpaired) electrons. The second-order valence-corrected chi connectivity index (χ2v) is 2.99. The van der Waals surface area contributed by atoms with Crippen molar-refractivity contribution in [1.29, 1.82) is 0 Å². The summed E-state index contributed by atoms with van der Waals surface area (Å²) in [6.07, 6.45) is 0. The van der Waals surface area contributed by atoms with Crippen molar-refractivity contribution in [2.45, 2.75) is 5.75 Å². The Morgan fingerprint density at radius 3 is 3.00 bits per heavy atom. The van der Waals surface area contributed by atoms with Crippen molar-refractivity contribution in [3.8, 4) is 0 Å². The van der Waals surface area contributed by atoms with Crippen LogP contribution in [0.25, 0.3) is 0 Å². The highest BCUT2D eigenvalue weighted by Gasteiger charge is 2.08. The maximum absolute atomic E-state index is 2.22. The van der Waals surface area contributed by atoms with Crippen LogP contribution in [-0.4, -0.2) is 0 Å². The molecule has 1 aliphatic heterocycles. The zero-order valence-corrected chi connectivity index (χ0v) is 5.82. The minimum absolute atomic E-state index is 1.16. The molecule has 1 aliphatic rings. The first-order chi connectivity index (χ1) is 4.47. The van der Waals surface area contributed by atoms with Crippen LogP contribution >= 0.6 is 11.8 Å². The molecule has 0 N–H and O–H groups in total. The summed E-state index contributed by atoms with van der Waals surface area (Å²) in [5.74, 6) is 3.38. The van der Waals surface area contributed by atoms with Crippen molar-refractivity contribution in [2.75, 3.05) is 0 Å². The molecule has 0 atom stereocenters. The van der Waals surface area contributed by atoms with Crippen molar-refractivity contribution in [1.82, 2.24) is 0 Å². The number of benzene rings is 1. The average molecular weight is 135 g/mol. The highest BCUT2D eigenvalue weighted by atomic mass is 32.2.